The van der Waals surface area contributed by atoms with Gasteiger partial charge in [0, 0.05) is 0 Å². The van der Waals surface area contributed by atoms with Crippen molar-refractivity contribution in [1.29, 1.82) is 0 Å². The molecular formula is C13H13FN4O3S. The molecule has 2 aromatic rings. The lowest BCUT2D eigenvalue weighted by molar-refractivity contribution is -0.119. The molecule has 9 heteroatoms. The first-order chi connectivity index (χ1) is 10.4. The highest BCUT2D eigenvalue weighted by atomic mass is 32.2. The maximum absolute atomic E-state index is 13.6. The summed E-state index contributed by atoms with van der Waals surface area (Å²) >= 11 is 0. The Bertz CT molecular complexity index is 818. The third-order valence-corrected chi connectivity index (χ3v) is 5.22. The Hall–Kier alpha value is -2.29. The molecule has 1 aromatic carbocycles. The van der Waals surface area contributed by atoms with E-state index in [-0.39, 0.29) is 28.8 Å². The molecule has 1 aromatic heterocycles. The van der Waals surface area contributed by atoms with Gasteiger partial charge in [-0.2, -0.15) is 4.98 Å². The minimum atomic E-state index is -3.14. The molecule has 116 valence electrons. The van der Waals surface area contributed by atoms with Crippen LogP contribution in [0.5, 0.6) is 0 Å². The van der Waals surface area contributed by atoms with E-state index >= 15 is 0 Å². The molecule has 1 amide bonds. The van der Waals surface area contributed by atoms with Gasteiger partial charge in [0.2, 0.25) is 11.9 Å². The molecule has 1 atom stereocenters. The molecule has 1 aliphatic heterocycles. The third-order valence-electron chi connectivity index (χ3n) is 3.45. The maximum atomic E-state index is 13.6. The molecule has 0 unspecified atom stereocenters. The van der Waals surface area contributed by atoms with E-state index in [1.807, 2.05) is 0 Å². The number of nitrogens with one attached hydrogen (secondary N) is 2. The zero-order valence-corrected chi connectivity index (χ0v) is 12.2. The number of anilines is 1. The Morgan fingerprint density at radius 3 is 2.82 bits per heavy atom. The van der Waals surface area contributed by atoms with Crippen LogP contribution in [-0.4, -0.2) is 41.0 Å². The number of aromatic amines is 1. The smallest absolute Gasteiger partial charge is 0.249 e. The van der Waals surface area contributed by atoms with E-state index in [1.54, 1.807) is 12.1 Å². The lowest BCUT2D eigenvalue weighted by atomic mass is 10.1. The fourth-order valence-electron chi connectivity index (χ4n) is 2.31. The number of benzene rings is 1. The van der Waals surface area contributed by atoms with Crippen LogP contribution in [0, 0.1) is 11.7 Å². The Balaban J connectivity index is 1.73. The fraction of sp³-hybridized carbons (Fsp3) is 0.308. The summed E-state index contributed by atoms with van der Waals surface area (Å²) in [5.74, 6) is -1.47. The van der Waals surface area contributed by atoms with Crippen LogP contribution in [-0.2, 0) is 14.6 Å². The number of nitrogens with zero attached hydrogens (tertiary/aromatic N) is 2. The number of carbonyl (C=O) groups excluding carboxylic acids is 1. The highest BCUT2D eigenvalue weighted by Crippen LogP contribution is 2.21. The van der Waals surface area contributed by atoms with E-state index in [9.17, 15) is 17.6 Å². The monoisotopic (exact) mass is 324 g/mol. The summed E-state index contributed by atoms with van der Waals surface area (Å²) in [5.41, 5.74) is 0.235. The molecule has 3 rings (SSSR count). The Labute approximate surface area is 125 Å². The number of rotatable bonds is 3. The minimum Gasteiger partial charge on any atom is -0.293 e. The molecule has 0 aliphatic carbocycles. The first-order valence-electron chi connectivity index (χ1n) is 6.63. The average Bonchev–Trinajstić information content (AvgIpc) is 3.06. The number of H-pyrrole nitrogens is 1. The number of aromatic nitrogens is 3. The highest BCUT2D eigenvalue weighted by molar-refractivity contribution is 7.91. The van der Waals surface area contributed by atoms with Crippen molar-refractivity contribution in [1.82, 2.24) is 15.2 Å². The Morgan fingerprint density at radius 2 is 2.14 bits per heavy atom. The van der Waals surface area contributed by atoms with Gasteiger partial charge in [0.1, 0.15) is 5.82 Å². The molecule has 7 nitrogen and oxygen atoms in total. The third kappa shape index (κ3) is 2.98. The van der Waals surface area contributed by atoms with E-state index in [2.05, 4.69) is 20.5 Å². The van der Waals surface area contributed by atoms with Gasteiger partial charge in [-0.05, 0) is 18.6 Å². The second kappa shape index (κ2) is 5.48. The number of amides is 1. The number of hydrogen-bond acceptors (Lipinski definition) is 5. The second-order valence-corrected chi connectivity index (χ2v) is 7.31. The van der Waals surface area contributed by atoms with Crippen LogP contribution >= 0.6 is 0 Å². The summed E-state index contributed by atoms with van der Waals surface area (Å²) in [4.78, 5) is 16.0. The molecular weight excluding hydrogens is 311 g/mol. The van der Waals surface area contributed by atoms with Gasteiger partial charge in [-0.3, -0.25) is 15.2 Å². The number of hydrogen-bond donors (Lipinski definition) is 2. The predicted octanol–water partition coefficient (Wildman–Crippen LogP) is 0.984. The Kier molecular flexibility index (Phi) is 3.65. The van der Waals surface area contributed by atoms with Crippen molar-refractivity contribution in [3.05, 3.63) is 30.1 Å². The second-order valence-electron chi connectivity index (χ2n) is 5.08. The summed E-state index contributed by atoms with van der Waals surface area (Å²) in [6.07, 6.45) is 0.290. The highest BCUT2D eigenvalue weighted by Gasteiger charge is 2.33. The Morgan fingerprint density at radius 1 is 1.36 bits per heavy atom. The van der Waals surface area contributed by atoms with Gasteiger partial charge < -0.3 is 0 Å². The minimum absolute atomic E-state index is 0.00690. The average molecular weight is 324 g/mol. The molecule has 0 radical (unpaired) electrons. The van der Waals surface area contributed by atoms with Crippen LogP contribution in [0.25, 0.3) is 11.4 Å². The summed E-state index contributed by atoms with van der Waals surface area (Å²) in [5, 5.41) is 8.79. The van der Waals surface area contributed by atoms with E-state index in [4.69, 9.17) is 0 Å². The van der Waals surface area contributed by atoms with Crippen molar-refractivity contribution in [3.8, 4) is 11.4 Å². The van der Waals surface area contributed by atoms with Crippen LogP contribution in [0.1, 0.15) is 6.42 Å². The van der Waals surface area contributed by atoms with Gasteiger partial charge in [-0.15, -0.1) is 5.10 Å². The number of carbonyl (C=O) groups is 1. The van der Waals surface area contributed by atoms with Crippen molar-refractivity contribution < 1.29 is 17.6 Å². The topological polar surface area (TPSA) is 105 Å². The van der Waals surface area contributed by atoms with Crippen molar-refractivity contribution >= 4 is 21.7 Å². The van der Waals surface area contributed by atoms with Gasteiger partial charge in [-0.1, -0.05) is 12.1 Å². The van der Waals surface area contributed by atoms with E-state index in [0.29, 0.717) is 6.42 Å². The van der Waals surface area contributed by atoms with Gasteiger partial charge in [0.15, 0.2) is 15.7 Å². The van der Waals surface area contributed by atoms with Gasteiger partial charge in [0.05, 0.1) is 23.0 Å². The predicted molar refractivity (Wildman–Crippen MR) is 77.2 cm³/mol. The first kappa shape index (κ1) is 14.6. The van der Waals surface area contributed by atoms with Crippen molar-refractivity contribution in [2.75, 3.05) is 16.8 Å². The lowest BCUT2D eigenvalue weighted by Gasteiger charge is -2.05. The molecule has 1 saturated heterocycles. The van der Waals surface area contributed by atoms with Crippen LogP contribution in [0.3, 0.4) is 0 Å². The van der Waals surface area contributed by atoms with Crippen molar-refractivity contribution in [3.63, 3.8) is 0 Å². The molecule has 1 fully saturated rings. The molecule has 22 heavy (non-hydrogen) atoms. The molecule has 1 aliphatic rings. The van der Waals surface area contributed by atoms with E-state index < -0.39 is 27.5 Å². The summed E-state index contributed by atoms with van der Waals surface area (Å²) in [6, 6.07) is 6.03. The summed E-state index contributed by atoms with van der Waals surface area (Å²) in [6.45, 7) is 0. The lowest BCUT2D eigenvalue weighted by Crippen LogP contribution is -2.24. The number of sulfone groups is 1. The van der Waals surface area contributed by atoms with Gasteiger partial charge in [0.25, 0.3) is 0 Å². The zero-order chi connectivity index (χ0) is 15.7. The molecule has 0 spiro atoms. The summed E-state index contributed by atoms with van der Waals surface area (Å²) < 4.78 is 36.4. The quantitative estimate of drug-likeness (QED) is 0.876. The molecule has 0 bridgehead atoms. The normalized spacial score (nSPS) is 20.0. The maximum Gasteiger partial charge on any atom is 0.249 e. The fourth-order valence-corrected chi connectivity index (χ4v) is 4.05. The van der Waals surface area contributed by atoms with E-state index in [1.165, 1.54) is 12.1 Å². The van der Waals surface area contributed by atoms with Gasteiger partial charge in [-0.25, -0.2) is 12.8 Å². The van der Waals surface area contributed by atoms with Crippen LogP contribution in [0.15, 0.2) is 24.3 Å². The van der Waals surface area contributed by atoms with Crippen LogP contribution in [0.2, 0.25) is 0 Å². The summed E-state index contributed by atoms with van der Waals surface area (Å²) in [7, 11) is -3.14. The molecule has 2 N–H and O–H groups in total. The first-order valence-corrected chi connectivity index (χ1v) is 8.45. The largest absolute Gasteiger partial charge is 0.293 e. The van der Waals surface area contributed by atoms with E-state index in [0.717, 1.165) is 0 Å². The SMILES string of the molecule is O=C(Nc1n[nH]c(-c2ccccc2F)n1)[C@H]1CCS(=O)(=O)C1. The standard InChI is InChI=1S/C13H13FN4O3S/c14-10-4-2-1-3-9(10)11-15-13(18-17-11)16-12(19)8-5-6-22(20,21)7-8/h1-4,8H,5-7H2,(H2,15,16,17,18,19)/t8-/m0/s1. The van der Waals surface area contributed by atoms with Crippen molar-refractivity contribution in [2.45, 2.75) is 6.42 Å². The van der Waals surface area contributed by atoms with Gasteiger partial charge >= 0.3 is 0 Å². The van der Waals surface area contributed by atoms with Crippen molar-refractivity contribution in [2.24, 2.45) is 5.92 Å². The zero-order valence-electron chi connectivity index (χ0n) is 11.4. The molecule has 2 heterocycles. The molecule has 0 saturated carbocycles. The van der Waals surface area contributed by atoms with Crippen LogP contribution < -0.4 is 5.32 Å². The van der Waals surface area contributed by atoms with Crippen LogP contribution in [0.4, 0.5) is 10.3 Å². The number of halogens is 1.